The maximum atomic E-state index is 10.9. The first kappa shape index (κ1) is 15.0. The van der Waals surface area contributed by atoms with E-state index in [2.05, 4.69) is 0 Å². The van der Waals surface area contributed by atoms with Crippen molar-refractivity contribution in [2.75, 3.05) is 14.2 Å². The molecule has 0 saturated carbocycles. The Labute approximate surface area is 112 Å². The molecular formula is C14H19NO4. The predicted octanol–water partition coefficient (Wildman–Crippen LogP) is 1.57. The fraction of sp³-hybridized carbons (Fsp3) is 0.429. The lowest BCUT2D eigenvalue weighted by molar-refractivity contribution is -0.118. The summed E-state index contributed by atoms with van der Waals surface area (Å²) in [6.45, 7) is 1.93. The van der Waals surface area contributed by atoms with Gasteiger partial charge in [0, 0.05) is 6.42 Å². The fourth-order valence-electron chi connectivity index (χ4n) is 2.03. The van der Waals surface area contributed by atoms with E-state index in [1.807, 2.05) is 6.92 Å². The van der Waals surface area contributed by atoms with Gasteiger partial charge >= 0.3 is 0 Å². The Bertz CT molecular complexity index is 471. The van der Waals surface area contributed by atoms with Crippen molar-refractivity contribution >= 4 is 12.2 Å². The van der Waals surface area contributed by atoms with Crippen molar-refractivity contribution in [1.82, 2.24) is 0 Å². The summed E-state index contributed by atoms with van der Waals surface area (Å²) in [6.07, 6.45) is 1.65. The SMILES string of the molecule is COc1cc(C[C@@H](C)CC(N)=O)c(OC)cc1C=O. The highest BCUT2D eigenvalue weighted by molar-refractivity contribution is 5.80. The van der Waals surface area contributed by atoms with Crippen molar-refractivity contribution in [3.8, 4) is 11.5 Å². The molecule has 19 heavy (non-hydrogen) atoms. The summed E-state index contributed by atoms with van der Waals surface area (Å²) in [4.78, 5) is 21.8. The monoisotopic (exact) mass is 265 g/mol. The summed E-state index contributed by atoms with van der Waals surface area (Å²) in [5.41, 5.74) is 6.50. The Morgan fingerprint density at radius 3 is 2.42 bits per heavy atom. The molecule has 0 spiro atoms. The Kier molecular flexibility index (Phi) is 5.36. The molecule has 2 N–H and O–H groups in total. The molecule has 1 atom stereocenters. The van der Waals surface area contributed by atoms with Crippen LogP contribution in [0.15, 0.2) is 12.1 Å². The second-order valence-corrected chi connectivity index (χ2v) is 4.50. The molecule has 1 amide bonds. The van der Waals surface area contributed by atoms with Gasteiger partial charge in [-0.25, -0.2) is 0 Å². The summed E-state index contributed by atoms with van der Waals surface area (Å²) in [7, 11) is 3.05. The van der Waals surface area contributed by atoms with Gasteiger partial charge in [0.15, 0.2) is 6.29 Å². The van der Waals surface area contributed by atoms with Crippen molar-refractivity contribution in [2.24, 2.45) is 11.7 Å². The van der Waals surface area contributed by atoms with Gasteiger partial charge in [-0.2, -0.15) is 0 Å². The van der Waals surface area contributed by atoms with E-state index in [-0.39, 0.29) is 11.8 Å². The number of hydrogen-bond acceptors (Lipinski definition) is 4. The highest BCUT2D eigenvalue weighted by atomic mass is 16.5. The van der Waals surface area contributed by atoms with E-state index < -0.39 is 0 Å². The third kappa shape index (κ3) is 3.98. The van der Waals surface area contributed by atoms with Crippen LogP contribution in [0.25, 0.3) is 0 Å². The Hall–Kier alpha value is -2.04. The van der Waals surface area contributed by atoms with Crippen LogP contribution in [0.5, 0.6) is 11.5 Å². The number of benzene rings is 1. The maximum absolute atomic E-state index is 10.9. The smallest absolute Gasteiger partial charge is 0.217 e. The Morgan fingerprint density at radius 1 is 1.32 bits per heavy atom. The van der Waals surface area contributed by atoms with E-state index in [1.165, 1.54) is 7.11 Å². The van der Waals surface area contributed by atoms with E-state index in [0.717, 1.165) is 11.8 Å². The zero-order valence-corrected chi connectivity index (χ0v) is 11.4. The predicted molar refractivity (Wildman–Crippen MR) is 71.6 cm³/mol. The van der Waals surface area contributed by atoms with Crippen LogP contribution in [0.1, 0.15) is 29.3 Å². The number of hydrogen-bond donors (Lipinski definition) is 1. The molecule has 104 valence electrons. The molecule has 0 radical (unpaired) electrons. The van der Waals surface area contributed by atoms with Crippen LogP contribution < -0.4 is 15.2 Å². The molecule has 1 rings (SSSR count). The molecule has 1 aromatic rings. The van der Waals surface area contributed by atoms with Crippen LogP contribution in [-0.4, -0.2) is 26.4 Å². The lowest BCUT2D eigenvalue weighted by atomic mass is 9.96. The molecule has 0 fully saturated rings. The number of carbonyl (C=O) groups is 2. The van der Waals surface area contributed by atoms with Crippen molar-refractivity contribution in [3.63, 3.8) is 0 Å². The number of rotatable bonds is 7. The zero-order valence-electron chi connectivity index (χ0n) is 11.4. The normalized spacial score (nSPS) is 11.7. The Balaban J connectivity index is 3.04. The topological polar surface area (TPSA) is 78.6 Å². The quantitative estimate of drug-likeness (QED) is 0.759. The van der Waals surface area contributed by atoms with Gasteiger partial charge in [0.25, 0.3) is 0 Å². The number of amides is 1. The third-order valence-corrected chi connectivity index (χ3v) is 2.88. The van der Waals surface area contributed by atoms with Crippen LogP contribution in [-0.2, 0) is 11.2 Å². The van der Waals surface area contributed by atoms with Crippen molar-refractivity contribution < 1.29 is 19.1 Å². The second-order valence-electron chi connectivity index (χ2n) is 4.50. The summed E-state index contributed by atoms with van der Waals surface area (Å²) in [6, 6.07) is 3.40. The minimum absolute atomic E-state index is 0.0955. The van der Waals surface area contributed by atoms with E-state index in [0.29, 0.717) is 29.9 Å². The minimum atomic E-state index is -0.331. The van der Waals surface area contributed by atoms with E-state index in [1.54, 1.807) is 19.2 Å². The van der Waals surface area contributed by atoms with Crippen LogP contribution in [0, 0.1) is 5.92 Å². The lowest BCUT2D eigenvalue weighted by Gasteiger charge is -2.15. The average Bonchev–Trinajstić information content (AvgIpc) is 2.37. The van der Waals surface area contributed by atoms with Crippen LogP contribution >= 0.6 is 0 Å². The van der Waals surface area contributed by atoms with Crippen LogP contribution in [0.3, 0.4) is 0 Å². The van der Waals surface area contributed by atoms with Gasteiger partial charge in [-0.3, -0.25) is 9.59 Å². The van der Waals surface area contributed by atoms with Gasteiger partial charge in [0.1, 0.15) is 11.5 Å². The van der Waals surface area contributed by atoms with Gasteiger partial charge in [0.05, 0.1) is 19.8 Å². The molecule has 0 aliphatic rings. The molecule has 5 heteroatoms. The van der Waals surface area contributed by atoms with Gasteiger partial charge in [-0.1, -0.05) is 6.92 Å². The molecule has 0 saturated heterocycles. The number of methoxy groups -OCH3 is 2. The molecule has 0 aromatic heterocycles. The van der Waals surface area contributed by atoms with Crippen molar-refractivity contribution in [1.29, 1.82) is 0 Å². The van der Waals surface area contributed by atoms with E-state index in [9.17, 15) is 9.59 Å². The lowest BCUT2D eigenvalue weighted by Crippen LogP contribution is -2.16. The van der Waals surface area contributed by atoms with Gasteiger partial charge in [0.2, 0.25) is 5.91 Å². The molecule has 0 bridgehead atoms. The molecule has 0 unspecified atom stereocenters. The van der Waals surface area contributed by atoms with Crippen LogP contribution in [0.4, 0.5) is 0 Å². The fourth-order valence-corrected chi connectivity index (χ4v) is 2.03. The maximum Gasteiger partial charge on any atom is 0.217 e. The third-order valence-electron chi connectivity index (χ3n) is 2.88. The van der Waals surface area contributed by atoms with Gasteiger partial charge < -0.3 is 15.2 Å². The van der Waals surface area contributed by atoms with Crippen molar-refractivity contribution in [3.05, 3.63) is 23.3 Å². The summed E-state index contributed by atoms with van der Waals surface area (Å²) in [5, 5.41) is 0. The number of primary amides is 1. The Morgan fingerprint density at radius 2 is 1.95 bits per heavy atom. The number of carbonyl (C=O) groups excluding carboxylic acids is 2. The second kappa shape index (κ2) is 6.78. The van der Waals surface area contributed by atoms with E-state index >= 15 is 0 Å². The zero-order chi connectivity index (χ0) is 14.4. The molecular weight excluding hydrogens is 246 g/mol. The van der Waals surface area contributed by atoms with E-state index in [4.69, 9.17) is 15.2 Å². The summed E-state index contributed by atoms with van der Waals surface area (Å²) < 4.78 is 10.4. The molecule has 1 aromatic carbocycles. The van der Waals surface area contributed by atoms with Crippen LogP contribution in [0.2, 0.25) is 0 Å². The van der Waals surface area contributed by atoms with Gasteiger partial charge in [-0.05, 0) is 30.0 Å². The average molecular weight is 265 g/mol. The molecule has 0 aliphatic carbocycles. The minimum Gasteiger partial charge on any atom is -0.496 e. The molecule has 0 aliphatic heterocycles. The number of aldehydes is 1. The summed E-state index contributed by atoms with van der Waals surface area (Å²) in [5.74, 6) is 0.873. The molecule has 5 nitrogen and oxygen atoms in total. The highest BCUT2D eigenvalue weighted by Crippen LogP contribution is 2.30. The largest absolute Gasteiger partial charge is 0.496 e. The first-order valence-electron chi connectivity index (χ1n) is 6.00. The van der Waals surface area contributed by atoms with Crippen molar-refractivity contribution in [2.45, 2.75) is 19.8 Å². The highest BCUT2D eigenvalue weighted by Gasteiger charge is 2.14. The standard InChI is InChI=1S/C14H19NO4/c1-9(5-14(15)17)4-10-6-13(19-3)11(8-16)7-12(10)18-2/h6-9H,4-5H2,1-3H3,(H2,15,17)/t9-/m1/s1. The summed E-state index contributed by atoms with van der Waals surface area (Å²) >= 11 is 0. The first-order valence-corrected chi connectivity index (χ1v) is 6.00. The molecule has 0 heterocycles. The number of nitrogens with two attached hydrogens (primary N) is 1. The first-order chi connectivity index (χ1) is 9.01. The number of ether oxygens (including phenoxy) is 2. The van der Waals surface area contributed by atoms with Gasteiger partial charge in [-0.15, -0.1) is 0 Å².